The van der Waals surface area contributed by atoms with Gasteiger partial charge in [0.25, 0.3) is 5.91 Å². The van der Waals surface area contributed by atoms with Gasteiger partial charge >= 0.3 is 0 Å². The minimum Gasteiger partial charge on any atom is -0.325 e. The molecule has 0 unspecified atom stereocenters. The molecule has 0 saturated heterocycles. The van der Waals surface area contributed by atoms with Crippen molar-refractivity contribution in [1.29, 1.82) is 0 Å². The summed E-state index contributed by atoms with van der Waals surface area (Å²) in [6.45, 7) is 3.12. The third-order valence-corrected chi connectivity index (χ3v) is 7.10. The monoisotopic (exact) mass is 459 g/mol. The SMILES string of the molecule is CCc1ccc(-c2c3c4n(c(-c5ccccc5)cn4c2C(=O)Nc2ccccc2)CCCC3)cc1. The predicted octanol–water partition coefficient (Wildman–Crippen LogP) is 7.23. The highest BCUT2D eigenvalue weighted by Gasteiger charge is 2.29. The first-order valence-electron chi connectivity index (χ1n) is 12.5. The van der Waals surface area contributed by atoms with Gasteiger partial charge in [-0.05, 0) is 54.5 Å². The fourth-order valence-electron chi connectivity index (χ4n) is 5.38. The van der Waals surface area contributed by atoms with Crippen LogP contribution in [0.4, 0.5) is 5.69 Å². The summed E-state index contributed by atoms with van der Waals surface area (Å²) >= 11 is 0. The first-order valence-corrected chi connectivity index (χ1v) is 12.5. The van der Waals surface area contributed by atoms with Gasteiger partial charge in [0.1, 0.15) is 11.3 Å². The van der Waals surface area contributed by atoms with E-state index in [0.29, 0.717) is 5.69 Å². The average Bonchev–Trinajstić information content (AvgIpc) is 3.33. The van der Waals surface area contributed by atoms with Gasteiger partial charge in [0.15, 0.2) is 0 Å². The van der Waals surface area contributed by atoms with E-state index in [4.69, 9.17) is 0 Å². The molecule has 4 heteroatoms. The number of anilines is 1. The lowest BCUT2D eigenvalue weighted by Crippen LogP contribution is -2.15. The Morgan fingerprint density at radius 2 is 1.57 bits per heavy atom. The van der Waals surface area contributed by atoms with Gasteiger partial charge in [-0.1, -0.05) is 79.7 Å². The van der Waals surface area contributed by atoms with Crippen LogP contribution in [-0.4, -0.2) is 14.9 Å². The normalized spacial score (nSPS) is 13.1. The molecule has 0 aliphatic carbocycles. The molecule has 174 valence electrons. The second-order valence-electron chi connectivity index (χ2n) is 9.26. The van der Waals surface area contributed by atoms with Crippen LogP contribution in [0.1, 0.15) is 41.4 Å². The minimum atomic E-state index is -0.0793. The molecule has 0 saturated carbocycles. The van der Waals surface area contributed by atoms with Gasteiger partial charge in [-0.15, -0.1) is 0 Å². The fraction of sp³-hybridized carbons (Fsp3) is 0.194. The molecule has 5 aromatic rings. The summed E-state index contributed by atoms with van der Waals surface area (Å²) in [7, 11) is 0. The number of nitrogens with one attached hydrogen (secondary N) is 1. The maximum Gasteiger partial charge on any atom is 0.273 e. The number of rotatable bonds is 5. The molecule has 4 nitrogen and oxygen atoms in total. The van der Waals surface area contributed by atoms with Crippen molar-refractivity contribution in [2.75, 3.05) is 5.32 Å². The highest BCUT2D eigenvalue weighted by atomic mass is 16.1. The number of aryl methyl sites for hydroxylation is 3. The molecule has 3 aromatic carbocycles. The van der Waals surface area contributed by atoms with Crippen LogP contribution in [0, 0.1) is 0 Å². The van der Waals surface area contributed by atoms with Crippen molar-refractivity contribution in [3.63, 3.8) is 0 Å². The second-order valence-corrected chi connectivity index (χ2v) is 9.26. The first-order chi connectivity index (χ1) is 17.2. The van der Waals surface area contributed by atoms with Crippen LogP contribution in [0.5, 0.6) is 0 Å². The molecular formula is C31H29N3O. The summed E-state index contributed by atoms with van der Waals surface area (Å²) in [4.78, 5) is 13.9. The zero-order valence-electron chi connectivity index (χ0n) is 20.0. The Balaban J connectivity index is 1.61. The fourth-order valence-corrected chi connectivity index (χ4v) is 5.38. The molecule has 6 rings (SSSR count). The van der Waals surface area contributed by atoms with Gasteiger partial charge < -0.3 is 9.88 Å². The molecule has 0 bridgehead atoms. The van der Waals surface area contributed by atoms with Crippen LogP contribution >= 0.6 is 0 Å². The van der Waals surface area contributed by atoms with E-state index in [9.17, 15) is 4.79 Å². The van der Waals surface area contributed by atoms with E-state index in [2.05, 4.69) is 75.9 Å². The smallest absolute Gasteiger partial charge is 0.273 e. The predicted molar refractivity (Wildman–Crippen MR) is 143 cm³/mol. The zero-order valence-corrected chi connectivity index (χ0v) is 20.0. The van der Waals surface area contributed by atoms with Gasteiger partial charge in [0, 0.05) is 29.6 Å². The molecule has 0 radical (unpaired) electrons. The Kier molecular flexibility index (Phi) is 5.49. The Labute approximate surface area is 205 Å². The maximum absolute atomic E-state index is 13.9. The lowest BCUT2D eigenvalue weighted by Gasteiger charge is -2.11. The number of imidazole rings is 1. The van der Waals surface area contributed by atoms with E-state index in [0.717, 1.165) is 60.4 Å². The number of aromatic nitrogens is 2. The standard InChI is InChI=1S/C31H29N3O/c1-2-22-16-18-24(19-17-22)28-26-15-9-10-20-33-27(23-11-5-3-6-12-23)21-34(31(26)33)29(28)30(35)32-25-13-7-4-8-14-25/h3-8,11-14,16-19,21H,2,9-10,15,20H2,1H3,(H,32,35). The third-order valence-electron chi connectivity index (χ3n) is 7.10. The summed E-state index contributed by atoms with van der Waals surface area (Å²) in [5, 5.41) is 3.16. The van der Waals surface area contributed by atoms with Gasteiger partial charge in [-0.25, -0.2) is 0 Å². The van der Waals surface area contributed by atoms with Crippen LogP contribution in [0.3, 0.4) is 0 Å². The molecule has 1 N–H and O–H groups in total. The largest absolute Gasteiger partial charge is 0.325 e. The molecule has 3 heterocycles. The van der Waals surface area contributed by atoms with E-state index in [1.165, 1.54) is 16.7 Å². The Hall–Kier alpha value is -4.05. The number of hydrogen-bond acceptors (Lipinski definition) is 1. The van der Waals surface area contributed by atoms with Crippen molar-refractivity contribution in [3.05, 3.63) is 108 Å². The number of carbonyl (C=O) groups is 1. The minimum absolute atomic E-state index is 0.0793. The maximum atomic E-state index is 13.9. The Bertz CT molecular complexity index is 1490. The van der Waals surface area contributed by atoms with Crippen molar-refractivity contribution in [1.82, 2.24) is 8.97 Å². The highest BCUT2D eigenvalue weighted by molar-refractivity contribution is 6.10. The van der Waals surface area contributed by atoms with E-state index in [-0.39, 0.29) is 5.91 Å². The Morgan fingerprint density at radius 3 is 2.29 bits per heavy atom. The number of para-hydroxylation sites is 1. The molecule has 0 spiro atoms. The summed E-state index contributed by atoms with van der Waals surface area (Å²) in [5.74, 6) is -0.0793. The van der Waals surface area contributed by atoms with Crippen molar-refractivity contribution < 1.29 is 4.79 Å². The molecule has 1 aliphatic rings. The molecule has 0 fully saturated rings. The Morgan fingerprint density at radius 1 is 0.857 bits per heavy atom. The van der Waals surface area contributed by atoms with Gasteiger partial charge in [0.05, 0.1) is 5.69 Å². The summed E-state index contributed by atoms with van der Waals surface area (Å²) in [6, 6.07) is 28.9. The van der Waals surface area contributed by atoms with Gasteiger partial charge in [-0.2, -0.15) is 0 Å². The number of benzene rings is 3. The topological polar surface area (TPSA) is 38.4 Å². The molecule has 2 aromatic heterocycles. The second kappa shape index (κ2) is 8.95. The lowest BCUT2D eigenvalue weighted by atomic mass is 9.96. The third kappa shape index (κ3) is 3.75. The van der Waals surface area contributed by atoms with E-state index in [1.54, 1.807) is 0 Å². The molecular weight excluding hydrogens is 430 g/mol. The molecule has 35 heavy (non-hydrogen) atoms. The summed E-state index contributed by atoms with van der Waals surface area (Å²) in [5.41, 5.74) is 9.73. The van der Waals surface area contributed by atoms with Crippen molar-refractivity contribution in [3.8, 4) is 22.4 Å². The van der Waals surface area contributed by atoms with Crippen LogP contribution in [0.25, 0.3) is 28.0 Å². The first kappa shape index (κ1) is 21.5. The van der Waals surface area contributed by atoms with Crippen molar-refractivity contribution in [2.45, 2.75) is 39.2 Å². The molecule has 0 atom stereocenters. The van der Waals surface area contributed by atoms with E-state index < -0.39 is 0 Å². The zero-order chi connectivity index (χ0) is 23.8. The lowest BCUT2D eigenvalue weighted by molar-refractivity contribution is 0.102. The van der Waals surface area contributed by atoms with Crippen LogP contribution < -0.4 is 5.32 Å². The molecule has 1 aliphatic heterocycles. The summed E-state index contributed by atoms with van der Waals surface area (Å²) in [6.07, 6.45) is 6.35. The van der Waals surface area contributed by atoms with Gasteiger partial charge in [-0.3, -0.25) is 9.20 Å². The van der Waals surface area contributed by atoms with Crippen LogP contribution in [-0.2, 0) is 19.4 Å². The number of hydrogen-bond donors (Lipinski definition) is 1. The number of nitrogens with zero attached hydrogens (tertiary/aromatic N) is 2. The van der Waals surface area contributed by atoms with Crippen LogP contribution in [0.15, 0.2) is 91.1 Å². The van der Waals surface area contributed by atoms with Crippen LogP contribution in [0.2, 0.25) is 0 Å². The molecule has 1 amide bonds. The van der Waals surface area contributed by atoms with Crippen molar-refractivity contribution in [2.24, 2.45) is 0 Å². The summed E-state index contributed by atoms with van der Waals surface area (Å²) < 4.78 is 4.56. The highest BCUT2D eigenvalue weighted by Crippen LogP contribution is 2.39. The van der Waals surface area contributed by atoms with E-state index in [1.807, 2.05) is 36.4 Å². The van der Waals surface area contributed by atoms with E-state index >= 15 is 0 Å². The number of carbonyl (C=O) groups excluding carboxylic acids is 1. The van der Waals surface area contributed by atoms with Gasteiger partial charge in [0.2, 0.25) is 0 Å². The average molecular weight is 460 g/mol. The quantitative estimate of drug-likeness (QED) is 0.296. The number of amides is 1. The van der Waals surface area contributed by atoms with Crippen molar-refractivity contribution >= 4 is 17.2 Å².